The maximum Gasteiger partial charge on any atom is 0.418 e. The normalized spacial score (nSPS) is 12.7. The van der Waals surface area contributed by atoms with E-state index in [2.05, 4.69) is 10.3 Å². The number of hydrogen-bond acceptors (Lipinski definition) is 4. The Labute approximate surface area is 185 Å². The van der Waals surface area contributed by atoms with Gasteiger partial charge in [0.15, 0.2) is 5.16 Å². The summed E-state index contributed by atoms with van der Waals surface area (Å²) in [6, 6.07) is 10.0. The molecule has 0 aliphatic rings. The van der Waals surface area contributed by atoms with Crippen LogP contribution in [-0.4, -0.2) is 20.7 Å². The Bertz CT molecular complexity index is 1180. The molecule has 0 fully saturated rings. The van der Waals surface area contributed by atoms with E-state index in [0.717, 1.165) is 23.9 Å². The molecule has 10 heteroatoms. The van der Waals surface area contributed by atoms with Crippen LogP contribution in [0.3, 0.4) is 0 Å². The van der Waals surface area contributed by atoms with Crippen molar-refractivity contribution < 1.29 is 18.0 Å². The number of alkyl halides is 3. The highest BCUT2D eigenvalue weighted by molar-refractivity contribution is 8.00. The Kier molecular flexibility index (Phi) is 6.96. The summed E-state index contributed by atoms with van der Waals surface area (Å²) < 4.78 is 41.4. The molecule has 1 heterocycles. The monoisotopic (exact) mass is 469 g/mol. The summed E-state index contributed by atoms with van der Waals surface area (Å²) in [6.45, 7) is 3.86. The van der Waals surface area contributed by atoms with Gasteiger partial charge in [-0.3, -0.25) is 14.2 Å². The number of nitrogens with zero attached hydrogens (tertiary/aromatic N) is 2. The summed E-state index contributed by atoms with van der Waals surface area (Å²) in [5.74, 6) is -0.650. The number of nitrogens with one attached hydrogen (secondary N) is 1. The van der Waals surface area contributed by atoms with E-state index in [1.54, 1.807) is 31.2 Å². The lowest BCUT2D eigenvalue weighted by Gasteiger charge is -2.18. The predicted octanol–water partition coefficient (Wildman–Crippen LogP) is 5.60. The van der Waals surface area contributed by atoms with Gasteiger partial charge >= 0.3 is 6.18 Å². The quantitative estimate of drug-likeness (QED) is 0.377. The molecule has 2 aromatic carbocycles. The molecule has 1 amide bonds. The third-order valence-electron chi connectivity index (χ3n) is 4.47. The topological polar surface area (TPSA) is 64.0 Å². The van der Waals surface area contributed by atoms with Gasteiger partial charge in [-0.25, -0.2) is 4.98 Å². The van der Waals surface area contributed by atoms with E-state index in [1.165, 1.54) is 10.6 Å². The third kappa shape index (κ3) is 5.22. The van der Waals surface area contributed by atoms with Crippen LogP contribution in [-0.2, 0) is 17.5 Å². The molecule has 0 radical (unpaired) electrons. The van der Waals surface area contributed by atoms with Crippen molar-refractivity contribution in [2.45, 2.75) is 43.4 Å². The van der Waals surface area contributed by atoms with Crippen LogP contribution in [0.1, 0.15) is 25.8 Å². The Morgan fingerprint density at radius 1 is 1.26 bits per heavy atom. The summed E-state index contributed by atoms with van der Waals surface area (Å²) in [5.41, 5.74) is -1.14. The number of amides is 1. The number of anilines is 1. The molecule has 5 nitrogen and oxygen atoms in total. The van der Waals surface area contributed by atoms with Gasteiger partial charge in [0.1, 0.15) is 0 Å². The first-order chi connectivity index (χ1) is 14.6. The Hall–Kier alpha value is -2.52. The fraction of sp³-hybridized carbons (Fsp3) is 0.286. The fourth-order valence-corrected chi connectivity index (χ4v) is 4.07. The Morgan fingerprint density at radius 3 is 2.65 bits per heavy atom. The average Bonchev–Trinajstić information content (AvgIpc) is 2.71. The minimum atomic E-state index is -4.68. The van der Waals surface area contributed by atoms with Gasteiger partial charge in [-0.1, -0.05) is 42.4 Å². The predicted molar refractivity (Wildman–Crippen MR) is 117 cm³/mol. The fourth-order valence-electron chi connectivity index (χ4n) is 2.96. The first-order valence-electron chi connectivity index (χ1n) is 9.45. The van der Waals surface area contributed by atoms with Gasteiger partial charge in [-0.05, 0) is 43.7 Å². The van der Waals surface area contributed by atoms with Crippen molar-refractivity contribution in [2.75, 3.05) is 5.32 Å². The minimum absolute atomic E-state index is 0.0864. The van der Waals surface area contributed by atoms with Gasteiger partial charge in [0, 0.05) is 11.6 Å². The molecule has 164 valence electrons. The summed E-state index contributed by atoms with van der Waals surface area (Å²) in [4.78, 5) is 30.0. The minimum Gasteiger partial charge on any atom is -0.325 e. The number of carbonyl (C=O) groups is 1. The summed E-state index contributed by atoms with van der Waals surface area (Å²) >= 11 is 6.70. The lowest BCUT2D eigenvalue weighted by molar-refractivity contribution is -0.137. The molecule has 0 bridgehead atoms. The number of benzene rings is 2. The molecule has 0 saturated heterocycles. The third-order valence-corrected chi connectivity index (χ3v) is 5.80. The van der Waals surface area contributed by atoms with E-state index in [0.29, 0.717) is 29.0 Å². The number of thioether (sulfide) groups is 1. The lowest BCUT2D eigenvalue weighted by Crippen LogP contribution is -2.27. The maximum absolute atomic E-state index is 13.3. The zero-order valence-electron chi connectivity index (χ0n) is 16.7. The molecule has 0 aliphatic carbocycles. The summed E-state index contributed by atoms with van der Waals surface area (Å²) in [6.07, 6.45) is -4.00. The van der Waals surface area contributed by atoms with Crippen molar-refractivity contribution >= 4 is 45.9 Å². The van der Waals surface area contributed by atoms with Gasteiger partial charge in [-0.15, -0.1) is 0 Å². The van der Waals surface area contributed by atoms with E-state index in [4.69, 9.17) is 11.6 Å². The van der Waals surface area contributed by atoms with Crippen LogP contribution in [0.15, 0.2) is 52.4 Å². The van der Waals surface area contributed by atoms with Gasteiger partial charge < -0.3 is 5.32 Å². The zero-order valence-corrected chi connectivity index (χ0v) is 18.2. The van der Waals surface area contributed by atoms with Gasteiger partial charge in [0.2, 0.25) is 5.91 Å². The van der Waals surface area contributed by atoms with Gasteiger partial charge in [0.05, 0.1) is 27.4 Å². The molecule has 3 rings (SSSR count). The van der Waals surface area contributed by atoms with Crippen molar-refractivity contribution in [3.05, 3.63) is 63.4 Å². The summed E-state index contributed by atoms with van der Waals surface area (Å²) in [5, 5.41) is 2.22. The molecule has 0 unspecified atom stereocenters. The highest BCUT2D eigenvalue weighted by Gasteiger charge is 2.34. The molecule has 3 aromatic rings. The van der Waals surface area contributed by atoms with Crippen LogP contribution in [0, 0.1) is 0 Å². The first kappa shape index (κ1) is 23.1. The van der Waals surface area contributed by atoms with E-state index in [-0.39, 0.29) is 16.3 Å². The van der Waals surface area contributed by atoms with E-state index >= 15 is 0 Å². The second kappa shape index (κ2) is 9.32. The van der Waals surface area contributed by atoms with Crippen LogP contribution in [0.25, 0.3) is 10.9 Å². The van der Waals surface area contributed by atoms with Crippen molar-refractivity contribution in [1.82, 2.24) is 9.55 Å². The van der Waals surface area contributed by atoms with Gasteiger partial charge in [0.25, 0.3) is 5.56 Å². The van der Waals surface area contributed by atoms with Crippen molar-refractivity contribution in [1.29, 1.82) is 0 Å². The first-order valence-corrected chi connectivity index (χ1v) is 10.7. The molecule has 1 atom stereocenters. The van der Waals surface area contributed by atoms with E-state index in [9.17, 15) is 22.8 Å². The molecular formula is C21H19ClF3N3O2S. The van der Waals surface area contributed by atoms with Crippen LogP contribution in [0.4, 0.5) is 18.9 Å². The second-order valence-corrected chi connectivity index (χ2v) is 8.55. The van der Waals surface area contributed by atoms with Crippen LogP contribution in [0.5, 0.6) is 0 Å². The highest BCUT2D eigenvalue weighted by Crippen LogP contribution is 2.37. The second-order valence-electron chi connectivity index (χ2n) is 6.81. The molecule has 0 saturated carbocycles. The number of rotatable bonds is 6. The molecule has 0 spiro atoms. The van der Waals surface area contributed by atoms with Crippen LogP contribution < -0.4 is 10.9 Å². The van der Waals surface area contributed by atoms with Crippen molar-refractivity contribution in [3.8, 4) is 0 Å². The number of para-hydroxylation sites is 1. The van der Waals surface area contributed by atoms with E-state index in [1.807, 2.05) is 6.92 Å². The molecule has 1 N–H and O–H groups in total. The summed E-state index contributed by atoms with van der Waals surface area (Å²) in [7, 11) is 0. The molecular weight excluding hydrogens is 451 g/mol. The van der Waals surface area contributed by atoms with Gasteiger partial charge in [-0.2, -0.15) is 13.2 Å². The smallest absolute Gasteiger partial charge is 0.325 e. The molecule has 31 heavy (non-hydrogen) atoms. The number of halogens is 4. The maximum atomic E-state index is 13.3. The zero-order chi connectivity index (χ0) is 22.8. The SMILES string of the molecule is CCCn1c(S[C@H](C)C(=O)Nc2ccc(Cl)cc2C(F)(F)F)nc2ccccc2c1=O. The van der Waals surface area contributed by atoms with Crippen LogP contribution >= 0.6 is 23.4 Å². The largest absolute Gasteiger partial charge is 0.418 e. The van der Waals surface area contributed by atoms with Crippen molar-refractivity contribution in [2.24, 2.45) is 0 Å². The Morgan fingerprint density at radius 2 is 1.97 bits per heavy atom. The van der Waals surface area contributed by atoms with E-state index < -0.39 is 22.9 Å². The molecule has 1 aromatic heterocycles. The number of fused-ring (bicyclic) bond motifs is 1. The lowest BCUT2D eigenvalue weighted by atomic mass is 10.1. The number of carbonyl (C=O) groups excluding carboxylic acids is 1. The number of aromatic nitrogens is 2. The van der Waals surface area contributed by atoms with Crippen LogP contribution in [0.2, 0.25) is 5.02 Å². The standard InChI is InChI=1S/C21H19ClF3N3O2S/c1-3-10-28-19(30)14-6-4-5-7-16(14)27-20(28)31-12(2)18(29)26-17-9-8-13(22)11-15(17)21(23,24)25/h4-9,11-12H,3,10H2,1-2H3,(H,26,29)/t12-/m1/s1. The highest BCUT2D eigenvalue weighted by atomic mass is 35.5. The average molecular weight is 470 g/mol. The number of hydrogen-bond donors (Lipinski definition) is 1. The van der Waals surface area contributed by atoms with Crippen molar-refractivity contribution in [3.63, 3.8) is 0 Å². The molecule has 0 aliphatic heterocycles. The Balaban J connectivity index is 1.89.